The number of fused-ring (bicyclic) bond motifs is 1. The molecule has 0 radical (unpaired) electrons. The van der Waals surface area contributed by atoms with E-state index in [1.165, 1.54) is 26.1 Å². The molecular formula is C28H39F3N4O4. The summed E-state index contributed by atoms with van der Waals surface area (Å²) in [5.74, 6) is -0.0590. The molecule has 3 heterocycles. The van der Waals surface area contributed by atoms with Gasteiger partial charge < -0.3 is 19.0 Å². The van der Waals surface area contributed by atoms with Crippen molar-refractivity contribution in [1.82, 2.24) is 19.8 Å². The van der Waals surface area contributed by atoms with E-state index in [0.29, 0.717) is 11.4 Å². The summed E-state index contributed by atoms with van der Waals surface area (Å²) in [6.45, 7) is 10.1. The minimum Gasteiger partial charge on any atom is -0.478 e. The van der Waals surface area contributed by atoms with Crippen LogP contribution >= 0.6 is 0 Å². The summed E-state index contributed by atoms with van der Waals surface area (Å²) >= 11 is 0. The molecule has 0 aliphatic carbocycles. The van der Waals surface area contributed by atoms with Gasteiger partial charge >= 0.3 is 6.18 Å². The van der Waals surface area contributed by atoms with E-state index in [4.69, 9.17) is 14.3 Å². The summed E-state index contributed by atoms with van der Waals surface area (Å²) in [6, 6.07) is 4.68. The van der Waals surface area contributed by atoms with Crippen LogP contribution in [0.4, 0.5) is 13.2 Å². The molecule has 1 atom stereocenters. The quantitative estimate of drug-likeness (QED) is 0.213. The summed E-state index contributed by atoms with van der Waals surface area (Å²) in [5, 5.41) is 10.3. The highest BCUT2D eigenvalue weighted by molar-refractivity contribution is 5.47. The van der Waals surface area contributed by atoms with Gasteiger partial charge in [-0.2, -0.15) is 18.7 Å². The molecule has 3 aromatic heterocycles. The number of nitrogens with zero attached hydrogens (tertiary/aromatic N) is 3. The zero-order valence-electron chi connectivity index (χ0n) is 23.5. The number of aromatic nitrogens is 3. The number of aliphatic hydroxyl groups is 1. The smallest absolute Gasteiger partial charge is 0.422 e. The van der Waals surface area contributed by atoms with E-state index in [1.54, 1.807) is 18.3 Å². The predicted octanol–water partition coefficient (Wildman–Crippen LogP) is 6.77. The van der Waals surface area contributed by atoms with Crippen molar-refractivity contribution in [3.05, 3.63) is 47.5 Å². The summed E-state index contributed by atoms with van der Waals surface area (Å²) in [7, 11) is 0. The molecule has 0 saturated carbocycles. The monoisotopic (exact) mass is 552 g/mol. The highest BCUT2D eigenvalue weighted by Gasteiger charge is 2.30. The summed E-state index contributed by atoms with van der Waals surface area (Å²) in [6.07, 6.45) is 3.76. The summed E-state index contributed by atoms with van der Waals surface area (Å²) in [4.78, 5) is 14.7. The Balaban J connectivity index is 1.79. The number of ether oxygens (including phenoxy) is 2. The zero-order valence-corrected chi connectivity index (χ0v) is 23.5. The van der Waals surface area contributed by atoms with Gasteiger partial charge in [0, 0.05) is 23.0 Å². The van der Waals surface area contributed by atoms with Crippen molar-refractivity contribution in [2.24, 2.45) is 0 Å². The maximum absolute atomic E-state index is 12.8. The Hall–Kier alpha value is -2.89. The van der Waals surface area contributed by atoms with Crippen LogP contribution in [0.3, 0.4) is 0 Å². The molecule has 0 aliphatic rings. The molecule has 39 heavy (non-hydrogen) atoms. The van der Waals surface area contributed by atoms with Crippen LogP contribution in [0.25, 0.3) is 5.65 Å². The lowest BCUT2D eigenvalue weighted by Gasteiger charge is -2.30. The fraction of sp³-hybridized carbons (Fsp3) is 0.571. The number of hydrogen-bond donors (Lipinski definition) is 2. The number of hydrogen-bond acceptors (Lipinski definition) is 7. The van der Waals surface area contributed by atoms with Crippen molar-refractivity contribution >= 4 is 5.65 Å². The van der Waals surface area contributed by atoms with Crippen LogP contribution in [-0.2, 0) is 17.0 Å². The lowest BCUT2D eigenvalue weighted by Crippen LogP contribution is -2.42. The maximum atomic E-state index is 12.8. The fourth-order valence-electron chi connectivity index (χ4n) is 4.23. The van der Waals surface area contributed by atoms with Gasteiger partial charge in [-0.05, 0) is 58.7 Å². The van der Waals surface area contributed by atoms with E-state index < -0.39 is 18.4 Å². The number of imidazole rings is 1. The van der Waals surface area contributed by atoms with E-state index in [1.807, 2.05) is 11.3 Å². The Morgan fingerprint density at radius 1 is 1.08 bits per heavy atom. The Morgan fingerprint density at radius 2 is 1.82 bits per heavy atom. The predicted molar refractivity (Wildman–Crippen MR) is 142 cm³/mol. The molecule has 0 bridgehead atoms. The first kappa shape index (κ1) is 30.6. The van der Waals surface area contributed by atoms with Gasteiger partial charge in [-0.25, -0.2) is 9.97 Å². The number of aryl methyl sites for hydroxylation is 1. The van der Waals surface area contributed by atoms with E-state index in [0.717, 1.165) is 43.5 Å². The van der Waals surface area contributed by atoms with Crippen LogP contribution < -0.4 is 15.0 Å². The standard InChI is InChI=1S/C28H39F3N4O4/c1-7-9-13-27(6,12-8-2)34-38-17-22-19(3)35-16-21(10-11-24(35)33-22)39-25-23(37-18-28(29,30)31)14-20(15-32-25)26(4,5)36/h10-11,14-16,34,36H,7-9,12-13,17-18H2,1-6H3. The Bertz CT molecular complexity index is 1240. The van der Waals surface area contributed by atoms with Gasteiger partial charge in [0.1, 0.15) is 18.0 Å². The van der Waals surface area contributed by atoms with Gasteiger partial charge in [-0.1, -0.05) is 33.1 Å². The molecule has 3 rings (SSSR count). The third-order valence-electron chi connectivity index (χ3n) is 6.47. The number of pyridine rings is 2. The molecule has 216 valence electrons. The fourth-order valence-corrected chi connectivity index (χ4v) is 4.23. The van der Waals surface area contributed by atoms with Gasteiger partial charge in [-0.3, -0.25) is 4.84 Å². The number of rotatable bonds is 14. The average molecular weight is 553 g/mol. The first-order chi connectivity index (χ1) is 18.2. The molecular weight excluding hydrogens is 513 g/mol. The van der Waals surface area contributed by atoms with Gasteiger partial charge in [0.2, 0.25) is 0 Å². The molecule has 0 saturated heterocycles. The SMILES string of the molecule is CCCCC(C)(CCC)NOCc1nc2ccc(Oc3ncc(C(C)(C)O)cc3OCC(F)(F)F)cn2c1C. The van der Waals surface area contributed by atoms with Crippen LogP contribution in [0, 0.1) is 6.92 Å². The Kier molecular flexibility index (Phi) is 9.84. The highest BCUT2D eigenvalue weighted by atomic mass is 19.4. The largest absolute Gasteiger partial charge is 0.478 e. The van der Waals surface area contributed by atoms with Crippen molar-refractivity contribution in [2.75, 3.05) is 6.61 Å². The van der Waals surface area contributed by atoms with Crippen LogP contribution in [0.5, 0.6) is 17.4 Å². The van der Waals surface area contributed by atoms with Crippen LogP contribution in [-0.4, -0.2) is 37.8 Å². The lowest BCUT2D eigenvalue weighted by molar-refractivity contribution is -0.153. The van der Waals surface area contributed by atoms with Crippen molar-refractivity contribution in [2.45, 2.75) is 97.6 Å². The molecule has 8 nitrogen and oxygen atoms in total. The van der Waals surface area contributed by atoms with E-state index in [9.17, 15) is 18.3 Å². The third-order valence-corrected chi connectivity index (χ3v) is 6.47. The van der Waals surface area contributed by atoms with Crippen molar-refractivity contribution in [3.63, 3.8) is 0 Å². The lowest BCUT2D eigenvalue weighted by atomic mass is 9.91. The molecule has 3 aromatic rings. The molecule has 0 amide bonds. The third kappa shape index (κ3) is 8.55. The van der Waals surface area contributed by atoms with E-state index >= 15 is 0 Å². The van der Waals surface area contributed by atoms with Gasteiger partial charge in [0.05, 0.1) is 17.5 Å². The number of nitrogens with one attached hydrogen (secondary N) is 1. The Morgan fingerprint density at radius 3 is 2.46 bits per heavy atom. The number of hydroxylamine groups is 1. The molecule has 0 aliphatic heterocycles. The summed E-state index contributed by atoms with van der Waals surface area (Å²) in [5.41, 5.74) is 4.34. The topological polar surface area (TPSA) is 90.1 Å². The molecule has 0 fully saturated rings. The van der Waals surface area contributed by atoms with E-state index in [2.05, 4.69) is 36.2 Å². The van der Waals surface area contributed by atoms with Crippen LogP contribution in [0.1, 0.15) is 83.7 Å². The number of unbranched alkanes of at least 4 members (excludes halogenated alkanes) is 1. The normalized spacial score (nSPS) is 14.0. The second-order valence-corrected chi connectivity index (χ2v) is 10.6. The van der Waals surface area contributed by atoms with Crippen LogP contribution in [0.15, 0.2) is 30.6 Å². The first-order valence-electron chi connectivity index (χ1n) is 13.2. The molecule has 0 aromatic carbocycles. The van der Waals surface area contributed by atoms with Crippen molar-refractivity contribution in [3.8, 4) is 17.4 Å². The molecule has 2 N–H and O–H groups in total. The maximum Gasteiger partial charge on any atom is 0.422 e. The van der Waals surface area contributed by atoms with Gasteiger partial charge in [0.25, 0.3) is 5.88 Å². The average Bonchev–Trinajstić information content (AvgIpc) is 3.16. The van der Waals surface area contributed by atoms with Crippen molar-refractivity contribution < 1.29 is 32.6 Å². The highest BCUT2D eigenvalue weighted by Crippen LogP contribution is 2.34. The number of halogens is 3. The zero-order chi connectivity index (χ0) is 28.8. The Labute approximate surface area is 227 Å². The number of alkyl halides is 3. The molecule has 0 spiro atoms. The minimum absolute atomic E-state index is 0.113. The molecule has 11 heteroatoms. The van der Waals surface area contributed by atoms with E-state index in [-0.39, 0.29) is 29.3 Å². The second-order valence-electron chi connectivity index (χ2n) is 10.6. The minimum atomic E-state index is -4.55. The second kappa shape index (κ2) is 12.5. The molecule has 1 unspecified atom stereocenters. The summed E-state index contributed by atoms with van der Waals surface area (Å²) < 4.78 is 51.1. The van der Waals surface area contributed by atoms with Gasteiger partial charge in [-0.15, -0.1) is 0 Å². The van der Waals surface area contributed by atoms with Crippen LogP contribution in [0.2, 0.25) is 0 Å². The van der Waals surface area contributed by atoms with Gasteiger partial charge in [0.15, 0.2) is 12.4 Å². The first-order valence-corrected chi connectivity index (χ1v) is 13.2. The van der Waals surface area contributed by atoms with Crippen molar-refractivity contribution in [1.29, 1.82) is 0 Å².